The van der Waals surface area contributed by atoms with Gasteiger partial charge in [-0.1, -0.05) is 19.3 Å². The first-order chi connectivity index (χ1) is 15.7. The zero-order chi connectivity index (χ0) is 24.2. The van der Waals surface area contributed by atoms with Gasteiger partial charge in [0.1, 0.15) is 11.5 Å². The van der Waals surface area contributed by atoms with Gasteiger partial charge in [0, 0.05) is 21.9 Å². The molecule has 1 N–H and O–H groups in total. The molecular weight excluding hydrogens is 457 g/mol. The summed E-state index contributed by atoms with van der Waals surface area (Å²) in [6, 6.07) is 5.73. The monoisotopic (exact) mass is 484 g/mol. The topological polar surface area (TPSA) is 67.9 Å². The molecule has 0 saturated heterocycles. The Morgan fingerprint density at radius 3 is 2.33 bits per heavy atom. The predicted octanol–water partition coefficient (Wildman–Crippen LogP) is 5.16. The Hall–Kier alpha value is -2.75. The predicted molar refractivity (Wildman–Crippen MR) is 120 cm³/mol. The number of nitrogens with zero attached hydrogens (tertiary/aromatic N) is 1. The molecule has 3 rings (SSSR count). The summed E-state index contributed by atoms with van der Waals surface area (Å²) >= 11 is 1.17. The van der Waals surface area contributed by atoms with Crippen LogP contribution in [-0.2, 0) is 9.59 Å². The van der Waals surface area contributed by atoms with Crippen LogP contribution in [-0.4, -0.2) is 38.3 Å². The van der Waals surface area contributed by atoms with Crippen molar-refractivity contribution < 1.29 is 32.2 Å². The van der Waals surface area contributed by atoms with Crippen LogP contribution in [0.4, 0.5) is 18.9 Å². The molecule has 2 amide bonds. The highest BCUT2D eigenvalue weighted by Crippen LogP contribution is 2.41. The Bertz CT molecular complexity index is 986. The first-order valence-corrected chi connectivity index (χ1v) is 11.5. The van der Waals surface area contributed by atoms with Gasteiger partial charge >= 0.3 is 12.1 Å². The molecule has 1 saturated carbocycles. The zero-order valence-corrected chi connectivity index (χ0v) is 19.5. The van der Waals surface area contributed by atoms with E-state index in [4.69, 9.17) is 9.47 Å². The van der Waals surface area contributed by atoms with Crippen LogP contribution in [0.15, 0.2) is 30.3 Å². The van der Waals surface area contributed by atoms with E-state index in [2.05, 4.69) is 5.32 Å². The van der Waals surface area contributed by atoms with Gasteiger partial charge in [0.05, 0.1) is 19.9 Å². The second-order valence-corrected chi connectivity index (χ2v) is 9.22. The summed E-state index contributed by atoms with van der Waals surface area (Å²) in [5, 5.41) is 2.88. The fourth-order valence-electron chi connectivity index (χ4n) is 3.99. The number of aryl methyl sites for hydroxylation is 1. The fourth-order valence-corrected chi connectivity index (χ4v) is 4.96. The highest BCUT2D eigenvalue weighted by molar-refractivity contribution is 7.12. The third-order valence-corrected chi connectivity index (χ3v) is 6.65. The molecule has 1 unspecified atom stereocenters. The number of halogens is 3. The number of ether oxygens (including phenoxy) is 2. The van der Waals surface area contributed by atoms with Crippen LogP contribution in [0.5, 0.6) is 11.5 Å². The molecule has 10 heteroatoms. The maximum absolute atomic E-state index is 13.8. The van der Waals surface area contributed by atoms with E-state index in [1.54, 1.807) is 19.1 Å². The Kier molecular flexibility index (Phi) is 7.88. The largest absolute Gasteiger partial charge is 0.497 e. The van der Waals surface area contributed by atoms with Gasteiger partial charge in [-0.2, -0.15) is 13.2 Å². The van der Waals surface area contributed by atoms with Gasteiger partial charge < -0.3 is 14.8 Å². The first-order valence-electron chi connectivity index (χ1n) is 10.6. The molecule has 33 heavy (non-hydrogen) atoms. The van der Waals surface area contributed by atoms with Crippen molar-refractivity contribution in [3.8, 4) is 11.5 Å². The Morgan fingerprint density at radius 2 is 1.79 bits per heavy atom. The van der Waals surface area contributed by atoms with E-state index >= 15 is 0 Å². The lowest BCUT2D eigenvalue weighted by Gasteiger charge is -2.33. The molecule has 1 aliphatic rings. The Labute approximate surface area is 194 Å². The molecule has 0 bridgehead atoms. The van der Waals surface area contributed by atoms with Crippen molar-refractivity contribution >= 4 is 28.8 Å². The van der Waals surface area contributed by atoms with Crippen molar-refractivity contribution in [2.45, 2.75) is 57.3 Å². The average molecular weight is 485 g/mol. The van der Waals surface area contributed by atoms with Crippen molar-refractivity contribution in [2.24, 2.45) is 0 Å². The third-order valence-electron chi connectivity index (χ3n) is 5.60. The van der Waals surface area contributed by atoms with Crippen LogP contribution in [0.1, 0.15) is 47.9 Å². The second-order valence-electron chi connectivity index (χ2n) is 7.91. The van der Waals surface area contributed by atoms with Crippen molar-refractivity contribution in [1.82, 2.24) is 5.32 Å². The summed E-state index contributed by atoms with van der Waals surface area (Å²) in [4.78, 5) is 27.8. The first kappa shape index (κ1) is 24.9. The number of nitrogens with one attached hydrogen (secondary N) is 1. The van der Waals surface area contributed by atoms with Gasteiger partial charge in [0.15, 0.2) is 6.04 Å². The highest BCUT2D eigenvalue weighted by Gasteiger charge is 2.48. The number of anilines is 1. The maximum atomic E-state index is 13.8. The number of hydrogen-bond acceptors (Lipinski definition) is 5. The molecule has 2 aromatic rings. The molecule has 1 heterocycles. The van der Waals surface area contributed by atoms with Gasteiger partial charge in [0.25, 0.3) is 0 Å². The van der Waals surface area contributed by atoms with E-state index < -0.39 is 24.0 Å². The minimum Gasteiger partial charge on any atom is -0.497 e. The SMILES string of the molecule is COc1ccc(N(C(=O)C(F)(F)F)C(C(=O)NC2CCCCC2)c2ccc(C)s2)c(OC)c1. The fraction of sp³-hybridized carbons (Fsp3) is 0.478. The molecule has 180 valence electrons. The van der Waals surface area contributed by atoms with E-state index in [0.717, 1.165) is 37.0 Å². The van der Waals surface area contributed by atoms with E-state index in [1.165, 1.54) is 43.8 Å². The second kappa shape index (κ2) is 10.5. The van der Waals surface area contributed by atoms with Crippen LogP contribution >= 0.6 is 11.3 Å². The number of carbonyl (C=O) groups excluding carboxylic acids is 2. The number of rotatable bonds is 7. The van der Waals surface area contributed by atoms with Crippen molar-refractivity contribution in [2.75, 3.05) is 19.1 Å². The van der Waals surface area contributed by atoms with Gasteiger partial charge in [-0.3, -0.25) is 14.5 Å². The number of benzene rings is 1. The summed E-state index contributed by atoms with van der Waals surface area (Å²) in [5.74, 6) is -2.49. The molecule has 0 aliphatic heterocycles. The highest BCUT2D eigenvalue weighted by atomic mass is 32.1. The lowest BCUT2D eigenvalue weighted by Crippen LogP contribution is -2.50. The van der Waals surface area contributed by atoms with Gasteiger partial charge in [-0.05, 0) is 44.0 Å². The molecule has 0 radical (unpaired) electrons. The minimum atomic E-state index is -5.21. The van der Waals surface area contributed by atoms with Crippen molar-refractivity contribution in [3.05, 3.63) is 40.1 Å². The number of hydrogen-bond donors (Lipinski definition) is 1. The number of amides is 2. The van der Waals surface area contributed by atoms with Crippen LogP contribution in [0.2, 0.25) is 0 Å². The average Bonchev–Trinajstić information content (AvgIpc) is 3.22. The van der Waals surface area contributed by atoms with E-state index in [0.29, 0.717) is 15.5 Å². The van der Waals surface area contributed by atoms with Crippen molar-refractivity contribution in [1.29, 1.82) is 0 Å². The lowest BCUT2D eigenvalue weighted by molar-refractivity contribution is -0.171. The van der Waals surface area contributed by atoms with Crippen molar-refractivity contribution in [3.63, 3.8) is 0 Å². The molecular formula is C23H27F3N2O4S. The standard InChI is InChI=1S/C23H27F3N2O4S/c1-14-9-12-19(33-14)20(21(29)27-15-7-5-4-6-8-15)28(22(30)23(24,25)26)17-11-10-16(31-2)13-18(17)32-3/h9-13,15,20H,4-8H2,1-3H3,(H,27,29). The molecule has 1 aliphatic carbocycles. The Balaban J connectivity index is 2.13. The number of methoxy groups -OCH3 is 2. The quantitative estimate of drug-likeness (QED) is 0.590. The smallest absolute Gasteiger partial charge is 0.471 e. The maximum Gasteiger partial charge on any atom is 0.471 e. The summed E-state index contributed by atoms with van der Waals surface area (Å²) in [5.41, 5.74) is -0.171. The Morgan fingerprint density at radius 1 is 1.09 bits per heavy atom. The van der Waals surface area contributed by atoms with E-state index in [-0.39, 0.29) is 17.5 Å². The van der Waals surface area contributed by atoms with Gasteiger partial charge in [-0.25, -0.2) is 0 Å². The van der Waals surface area contributed by atoms with Crippen LogP contribution in [0.3, 0.4) is 0 Å². The van der Waals surface area contributed by atoms with Crippen LogP contribution in [0, 0.1) is 6.92 Å². The van der Waals surface area contributed by atoms with Gasteiger partial charge in [0.2, 0.25) is 5.91 Å². The molecule has 1 aromatic heterocycles. The summed E-state index contributed by atoms with van der Waals surface area (Å²) in [6.07, 6.45) is -0.777. The summed E-state index contributed by atoms with van der Waals surface area (Å²) in [7, 11) is 2.68. The number of carbonyl (C=O) groups is 2. The molecule has 1 fully saturated rings. The number of thiophene rings is 1. The normalized spacial score (nSPS) is 15.6. The van der Waals surface area contributed by atoms with Crippen LogP contribution in [0.25, 0.3) is 0 Å². The third kappa shape index (κ3) is 5.79. The molecule has 1 atom stereocenters. The van der Waals surface area contributed by atoms with E-state index in [9.17, 15) is 22.8 Å². The summed E-state index contributed by atoms with van der Waals surface area (Å²) < 4.78 is 51.8. The van der Waals surface area contributed by atoms with Gasteiger partial charge in [-0.15, -0.1) is 11.3 Å². The molecule has 0 spiro atoms. The summed E-state index contributed by atoms with van der Waals surface area (Å²) in [6.45, 7) is 1.79. The molecule has 1 aromatic carbocycles. The van der Waals surface area contributed by atoms with E-state index in [1.807, 2.05) is 0 Å². The van der Waals surface area contributed by atoms with Crippen LogP contribution < -0.4 is 19.7 Å². The number of alkyl halides is 3. The molecule has 6 nitrogen and oxygen atoms in total. The minimum absolute atomic E-state index is 0.0179. The zero-order valence-electron chi connectivity index (χ0n) is 18.7. The lowest BCUT2D eigenvalue weighted by atomic mass is 9.95.